The predicted octanol–water partition coefficient (Wildman–Crippen LogP) is 3.37. The molecule has 0 aliphatic heterocycles. The second-order valence-corrected chi connectivity index (χ2v) is 3.80. The van der Waals surface area contributed by atoms with Gasteiger partial charge < -0.3 is 5.11 Å². The van der Waals surface area contributed by atoms with E-state index >= 15 is 0 Å². The van der Waals surface area contributed by atoms with Gasteiger partial charge in [0.05, 0.1) is 6.61 Å². The molecule has 1 nitrogen and oxygen atoms in total. The molecule has 0 amide bonds. The zero-order chi connectivity index (χ0) is 10.8. The summed E-state index contributed by atoms with van der Waals surface area (Å²) in [6.07, 6.45) is 0. The summed E-state index contributed by atoms with van der Waals surface area (Å²) in [5.74, 6) is 0. The third-order valence-electron chi connectivity index (χ3n) is 2.59. The zero-order valence-corrected chi connectivity index (χ0v) is 8.83. The first-order valence-electron chi connectivity index (χ1n) is 5.01. The number of hydrogen-bond donors (Lipinski definition) is 1. The lowest BCUT2D eigenvalue weighted by Gasteiger charge is -2.07. The minimum atomic E-state index is 0.0905. The van der Waals surface area contributed by atoms with Crippen LogP contribution < -0.4 is 0 Å². The Kier molecular flexibility index (Phi) is 2.57. The van der Waals surface area contributed by atoms with Crippen molar-refractivity contribution in [3.8, 4) is 0 Å². The van der Waals surface area contributed by atoms with E-state index < -0.39 is 0 Å². The summed E-state index contributed by atoms with van der Waals surface area (Å²) >= 11 is 0. The summed E-state index contributed by atoms with van der Waals surface area (Å²) in [5, 5.41) is 11.4. The van der Waals surface area contributed by atoms with Gasteiger partial charge in [-0.15, -0.1) is 0 Å². The van der Waals surface area contributed by atoms with Crippen molar-refractivity contribution < 1.29 is 5.11 Å². The van der Waals surface area contributed by atoms with Crippen LogP contribution in [0.4, 0.5) is 0 Å². The summed E-state index contributed by atoms with van der Waals surface area (Å²) < 4.78 is 0. The summed E-state index contributed by atoms with van der Waals surface area (Å²) in [6.45, 7) is 6.07. The van der Waals surface area contributed by atoms with Gasteiger partial charge in [-0.3, -0.25) is 0 Å². The Morgan fingerprint density at radius 3 is 2.73 bits per heavy atom. The minimum Gasteiger partial charge on any atom is -0.392 e. The van der Waals surface area contributed by atoms with Gasteiger partial charge in [-0.25, -0.2) is 0 Å². The first kappa shape index (κ1) is 9.94. The van der Waals surface area contributed by atoms with Crippen LogP contribution in [-0.2, 0) is 6.61 Å². The Balaban J connectivity index is 2.72. The number of hydrogen-bond acceptors (Lipinski definition) is 1. The van der Waals surface area contributed by atoms with Gasteiger partial charge in [0.1, 0.15) is 0 Å². The Hall–Kier alpha value is -1.60. The highest BCUT2D eigenvalue weighted by atomic mass is 16.3. The van der Waals surface area contributed by atoms with Crippen LogP contribution in [-0.4, -0.2) is 5.11 Å². The van der Waals surface area contributed by atoms with Gasteiger partial charge in [-0.1, -0.05) is 42.5 Å². The van der Waals surface area contributed by atoms with Crippen LogP contribution in [0.15, 0.2) is 43.0 Å². The Bertz CT molecular complexity index is 512. The molecule has 1 N–H and O–H groups in total. The van der Waals surface area contributed by atoms with Gasteiger partial charge in [0.25, 0.3) is 0 Å². The van der Waals surface area contributed by atoms with Crippen LogP contribution in [0.1, 0.15) is 18.1 Å². The van der Waals surface area contributed by atoms with Crippen molar-refractivity contribution >= 4 is 16.3 Å². The highest BCUT2D eigenvalue weighted by molar-refractivity contribution is 5.93. The SMILES string of the molecule is C=C(C)c1cccc2cc(CO)ccc12. The number of benzene rings is 2. The molecule has 0 saturated carbocycles. The van der Waals surface area contributed by atoms with Gasteiger partial charge >= 0.3 is 0 Å². The molecule has 0 atom stereocenters. The van der Waals surface area contributed by atoms with Gasteiger partial charge in [0.2, 0.25) is 0 Å². The summed E-state index contributed by atoms with van der Waals surface area (Å²) in [5.41, 5.74) is 3.19. The Morgan fingerprint density at radius 2 is 2.07 bits per heavy atom. The molecule has 0 aliphatic rings. The van der Waals surface area contributed by atoms with Crippen molar-refractivity contribution in [1.29, 1.82) is 0 Å². The molecule has 0 fully saturated rings. The van der Waals surface area contributed by atoms with Crippen LogP contribution in [0.5, 0.6) is 0 Å². The van der Waals surface area contributed by atoms with Crippen molar-refractivity contribution in [2.75, 3.05) is 0 Å². The van der Waals surface area contributed by atoms with Gasteiger partial charge in [0.15, 0.2) is 0 Å². The monoisotopic (exact) mass is 198 g/mol. The zero-order valence-electron chi connectivity index (χ0n) is 8.83. The summed E-state index contributed by atoms with van der Waals surface area (Å²) in [4.78, 5) is 0. The molecule has 0 aliphatic carbocycles. The van der Waals surface area contributed by atoms with Gasteiger partial charge in [0, 0.05) is 0 Å². The number of rotatable bonds is 2. The van der Waals surface area contributed by atoms with Crippen molar-refractivity contribution in [1.82, 2.24) is 0 Å². The van der Waals surface area contributed by atoms with Crippen LogP contribution in [0.25, 0.3) is 16.3 Å². The fourth-order valence-corrected chi connectivity index (χ4v) is 1.80. The Morgan fingerprint density at radius 1 is 1.27 bits per heavy atom. The van der Waals surface area contributed by atoms with E-state index in [2.05, 4.69) is 18.7 Å². The van der Waals surface area contributed by atoms with Crippen molar-refractivity contribution in [2.45, 2.75) is 13.5 Å². The normalized spacial score (nSPS) is 10.5. The highest BCUT2D eigenvalue weighted by Gasteiger charge is 2.01. The first-order chi connectivity index (χ1) is 7.22. The second kappa shape index (κ2) is 3.87. The number of aliphatic hydroxyl groups is 1. The van der Waals surface area contributed by atoms with Crippen LogP contribution >= 0.6 is 0 Å². The van der Waals surface area contributed by atoms with Crippen LogP contribution in [0, 0.1) is 0 Å². The maximum Gasteiger partial charge on any atom is 0.0682 e. The van der Waals surface area contributed by atoms with E-state index in [1.807, 2.05) is 31.2 Å². The van der Waals surface area contributed by atoms with Gasteiger partial charge in [-0.05, 0) is 34.9 Å². The minimum absolute atomic E-state index is 0.0905. The van der Waals surface area contributed by atoms with Crippen molar-refractivity contribution in [3.05, 3.63) is 54.1 Å². The maximum atomic E-state index is 9.06. The molecule has 0 aromatic heterocycles. The summed E-state index contributed by atoms with van der Waals surface area (Å²) in [7, 11) is 0. The summed E-state index contributed by atoms with van der Waals surface area (Å²) in [6, 6.07) is 12.2. The van der Waals surface area contributed by atoms with E-state index in [1.165, 1.54) is 10.9 Å². The quantitative estimate of drug-likeness (QED) is 0.784. The van der Waals surface area contributed by atoms with E-state index in [4.69, 9.17) is 5.11 Å². The van der Waals surface area contributed by atoms with E-state index in [-0.39, 0.29) is 6.61 Å². The standard InChI is InChI=1S/C14H14O/c1-10(2)13-5-3-4-12-8-11(9-15)6-7-14(12)13/h3-8,15H,1,9H2,2H3. The first-order valence-corrected chi connectivity index (χ1v) is 5.01. The molecule has 15 heavy (non-hydrogen) atoms. The molecule has 2 aromatic rings. The fraction of sp³-hybridized carbons (Fsp3) is 0.143. The highest BCUT2D eigenvalue weighted by Crippen LogP contribution is 2.24. The average Bonchev–Trinajstić information content (AvgIpc) is 2.27. The van der Waals surface area contributed by atoms with Crippen LogP contribution in [0.3, 0.4) is 0 Å². The lowest BCUT2D eigenvalue weighted by Crippen LogP contribution is -1.86. The third kappa shape index (κ3) is 1.79. The lowest BCUT2D eigenvalue weighted by atomic mass is 9.99. The number of fused-ring (bicyclic) bond motifs is 1. The molecule has 2 aromatic carbocycles. The molecule has 2 rings (SSSR count). The Labute approximate surface area is 89.7 Å². The molecule has 0 bridgehead atoms. The topological polar surface area (TPSA) is 20.2 Å². The van der Waals surface area contributed by atoms with Crippen LogP contribution in [0.2, 0.25) is 0 Å². The van der Waals surface area contributed by atoms with Gasteiger partial charge in [-0.2, -0.15) is 0 Å². The largest absolute Gasteiger partial charge is 0.392 e. The molecule has 0 unspecified atom stereocenters. The third-order valence-corrected chi connectivity index (χ3v) is 2.59. The predicted molar refractivity (Wildman–Crippen MR) is 64.6 cm³/mol. The molecule has 76 valence electrons. The van der Waals surface area contributed by atoms with E-state index in [0.29, 0.717) is 0 Å². The maximum absolute atomic E-state index is 9.06. The van der Waals surface area contributed by atoms with Crippen molar-refractivity contribution in [2.24, 2.45) is 0 Å². The molecule has 0 spiro atoms. The smallest absolute Gasteiger partial charge is 0.0682 e. The number of aliphatic hydroxyl groups excluding tert-OH is 1. The molecule has 0 radical (unpaired) electrons. The lowest BCUT2D eigenvalue weighted by molar-refractivity contribution is 0.282. The molecular weight excluding hydrogens is 184 g/mol. The van der Waals surface area contributed by atoms with Crippen molar-refractivity contribution in [3.63, 3.8) is 0 Å². The molecule has 0 saturated heterocycles. The second-order valence-electron chi connectivity index (χ2n) is 3.80. The fourth-order valence-electron chi connectivity index (χ4n) is 1.80. The van der Waals surface area contributed by atoms with E-state index in [0.717, 1.165) is 16.5 Å². The molecule has 1 heteroatoms. The molecule has 0 heterocycles. The van der Waals surface area contributed by atoms with E-state index in [1.54, 1.807) is 0 Å². The number of allylic oxidation sites excluding steroid dienone is 1. The average molecular weight is 198 g/mol. The van der Waals surface area contributed by atoms with E-state index in [9.17, 15) is 0 Å². The molecular formula is C14H14O.